The Labute approximate surface area is 112 Å². The first kappa shape index (κ1) is 13.0. The molecular formula is C12H9NO5S. The summed E-state index contributed by atoms with van der Waals surface area (Å²) in [4.78, 5) is 21.2. The van der Waals surface area contributed by atoms with Crippen LogP contribution in [0.4, 0.5) is 5.69 Å². The number of nitro benzene ring substituents is 1. The molecular weight excluding hydrogens is 270 g/mol. The van der Waals surface area contributed by atoms with E-state index in [0.717, 1.165) is 11.3 Å². The van der Waals surface area contributed by atoms with Crippen LogP contribution < -0.4 is 4.74 Å². The Morgan fingerprint density at radius 2 is 2.21 bits per heavy atom. The molecule has 0 aliphatic heterocycles. The van der Waals surface area contributed by atoms with Gasteiger partial charge >= 0.3 is 11.7 Å². The number of hydrogen-bond acceptors (Lipinski definition) is 5. The lowest BCUT2D eigenvalue weighted by Crippen LogP contribution is -1.95. The number of carboxylic acids is 1. The van der Waals surface area contributed by atoms with Gasteiger partial charge in [0.1, 0.15) is 10.6 Å². The van der Waals surface area contributed by atoms with Crippen molar-refractivity contribution in [3.63, 3.8) is 0 Å². The number of ether oxygens (including phenoxy) is 1. The number of hydrogen-bond donors (Lipinski definition) is 1. The molecule has 0 fully saturated rings. The highest BCUT2D eigenvalue weighted by Gasteiger charge is 2.18. The third-order valence-corrected chi connectivity index (χ3v) is 3.29. The van der Waals surface area contributed by atoms with Crippen LogP contribution in [0.3, 0.4) is 0 Å². The van der Waals surface area contributed by atoms with Crippen molar-refractivity contribution in [2.75, 3.05) is 0 Å². The first-order valence-electron chi connectivity index (χ1n) is 5.22. The average molecular weight is 279 g/mol. The van der Waals surface area contributed by atoms with Crippen LogP contribution in [0.15, 0.2) is 29.6 Å². The summed E-state index contributed by atoms with van der Waals surface area (Å²) >= 11 is 1.00. The van der Waals surface area contributed by atoms with Crippen molar-refractivity contribution in [1.29, 1.82) is 0 Å². The van der Waals surface area contributed by atoms with Crippen LogP contribution in [0.25, 0.3) is 0 Å². The minimum absolute atomic E-state index is 0.117. The molecule has 0 aliphatic rings. The Balaban J connectivity index is 2.37. The first-order valence-corrected chi connectivity index (χ1v) is 6.10. The molecule has 0 amide bonds. The van der Waals surface area contributed by atoms with Gasteiger partial charge in [-0.15, -0.1) is 11.3 Å². The SMILES string of the molecule is Cc1cccc([N+](=O)[O-])c1Oc1csc(C(=O)O)c1. The van der Waals surface area contributed by atoms with E-state index in [-0.39, 0.29) is 22.1 Å². The van der Waals surface area contributed by atoms with Crippen molar-refractivity contribution in [2.24, 2.45) is 0 Å². The van der Waals surface area contributed by atoms with Gasteiger partial charge in [-0.3, -0.25) is 10.1 Å². The molecule has 0 bridgehead atoms. The number of para-hydroxylation sites is 1. The maximum Gasteiger partial charge on any atom is 0.346 e. The molecule has 1 aromatic carbocycles. The molecule has 0 atom stereocenters. The summed E-state index contributed by atoms with van der Waals surface area (Å²) in [5.74, 6) is -0.652. The molecule has 0 spiro atoms. The lowest BCUT2D eigenvalue weighted by atomic mass is 10.2. The van der Waals surface area contributed by atoms with Gasteiger partial charge in [-0.25, -0.2) is 4.79 Å². The van der Waals surface area contributed by atoms with Gasteiger partial charge in [0, 0.05) is 17.5 Å². The van der Waals surface area contributed by atoms with Gasteiger partial charge in [0.25, 0.3) is 0 Å². The number of aromatic carboxylic acids is 1. The van der Waals surface area contributed by atoms with Crippen LogP contribution in [0.2, 0.25) is 0 Å². The molecule has 0 radical (unpaired) electrons. The normalized spacial score (nSPS) is 10.2. The highest BCUT2D eigenvalue weighted by molar-refractivity contribution is 7.12. The number of carbonyl (C=O) groups is 1. The van der Waals surface area contributed by atoms with E-state index in [1.807, 2.05) is 0 Å². The molecule has 6 nitrogen and oxygen atoms in total. The molecule has 98 valence electrons. The standard InChI is InChI=1S/C12H9NO5S/c1-7-3-2-4-9(13(16)17)11(7)18-8-5-10(12(14)15)19-6-8/h2-6H,1H3,(H,14,15). The van der Waals surface area contributed by atoms with E-state index in [1.54, 1.807) is 19.1 Å². The third-order valence-electron chi connectivity index (χ3n) is 2.39. The molecule has 7 heteroatoms. The molecule has 1 heterocycles. The van der Waals surface area contributed by atoms with E-state index in [4.69, 9.17) is 9.84 Å². The molecule has 0 aliphatic carbocycles. The Hall–Kier alpha value is -2.41. The van der Waals surface area contributed by atoms with Crippen LogP contribution in [-0.2, 0) is 0 Å². The van der Waals surface area contributed by atoms with Gasteiger partial charge < -0.3 is 9.84 Å². The predicted molar refractivity (Wildman–Crippen MR) is 69.2 cm³/mol. The van der Waals surface area contributed by atoms with E-state index in [9.17, 15) is 14.9 Å². The monoisotopic (exact) mass is 279 g/mol. The van der Waals surface area contributed by atoms with Crippen LogP contribution in [0, 0.1) is 17.0 Å². The minimum atomic E-state index is -1.06. The van der Waals surface area contributed by atoms with Gasteiger partial charge in [-0.1, -0.05) is 12.1 Å². The van der Waals surface area contributed by atoms with Crippen molar-refractivity contribution in [3.8, 4) is 11.5 Å². The summed E-state index contributed by atoms with van der Waals surface area (Å²) < 4.78 is 5.44. The number of benzene rings is 1. The predicted octanol–water partition coefficient (Wildman–Crippen LogP) is 3.46. The fraction of sp³-hybridized carbons (Fsp3) is 0.0833. The molecule has 2 rings (SSSR count). The van der Waals surface area contributed by atoms with Crippen molar-refractivity contribution in [3.05, 3.63) is 50.2 Å². The number of thiophene rings is 1. The van der Waals surface area contributed by atoms with Crippen molar-refractivity contribution >= 4 is 23.0 Å². The Bertz CT molecular complexity index is 649. The number of nitrogens with zero attached hydrogens (tertiary/aromatic N) is 1. The van der Waals surface area contributed by atoms with Crippen LogP contribution in [-0.4, -0.2) is 16.0 Å². The second kappa shape index (κ2) is 5.07. The summed E-state index contributed by atoms with van der Waals surface area (Å²) in [5.41, 5.74) is 0.459. The van der Waals surface area contributed by atoms with Crippen molar-refractivity contribution < 1.29 is 19.6 Å². The summed E-state index contributed by atoms with van der Waals surface area (Å²) in [6, 6.07) is 5.93. The highest BCUT2D eigenvalue weighted by atomic mass is 32.1. The molecule has 0 unspecified atom stereocenters. The Morgan fingerprint density at radius 1 is 1.47 bits per heavy atom. The van der Waals surface area contributed by atoms with E-state index < -0.39 is 10.9 Å². The second-order valence-corrected chi connectivity index (χ2v) is 4.65. The third kappa shape index (κ3) is 2.71. The van der Waals surface area contributed by atoms with Crippen molar-refractivity contribution in [2.45, 2.75) is 6.92 Å². The highest BCUT2D eigenvalue weighted by Crippen LogP contribution is 2.35. The molecule has 2 aromatic rings. The second-order valence-electron chi connectivity index (χ2n) is 3.73. The van der Waals surface area contributed by atoms with Gasteiger partial charge in [-0.2, -0.15) is 0 Å². The molecule has 0 saturated heterocycles. The number of rotatable bonds is 4. The maximum atomic E-state index is 10.9. The average Bonchev–Trinajstić information content (AvgIpc) is 2.80. The van der Waals surface area contributed by atoms with Gasteiger partial charge in [0.2, 0.25) is 5.75 Å². The Kier molecular flexibility index (Phi) is 3.48. The van der Waals surface area contributed by atoms with E-state index in [2.05, 4.69) is 0 Å². The van der Waals surface area contributed by atoms with Gasteiger partial charge in [-0.05, 0) is 12.5 Å². The molecule has 1 aromatic heterocycles. The summed E-state index contributed by atoms with van der Waals surface area (Å²) in [7, 11) is 0. The van der Waals surface area contributed by atoms with E-state index in [0.29, 0.717) is 5.56 Å². The maximum absolute atomic E-state index is 10.9. The molecule has 1 N–H and O–H groups in total. The fourth-order valence-corrected chi connectivity index (χ4v) is 2.16. The van der Waals surface area contributed by atoms with Crippen molar-refractivity contribution in [1.82, 2.24) is 0 Å². The van der Waals surface area contributed by atoms with E-state index >= 15 is 0 Å². The number of carboxylic acid groups (broad SMARTS) is 1. The topological polar surface area (TPSA) is 89.7 Å². The zero-order valence-electron chi connectivity index (χ0n) is 9.82. The molecule has 19 heavy (non-hydrogen) atoms. The van der Waals surface area contributed by atoms with Crippen LogP contribution in [0.1, 0.15) is 15.2 Å². The summed E-state index contributed by atoms with van der Waals surface area (Å²) in [6.07, 6.45) is 0. The zero-order valence-corrected chi connectivity index (χ0v) is 10.6. The summed E-state index contributed by atoms with van der Waals surface area (Å²) in [5, 5.41) is 21.2. The van der Waals surface area contributed by atoms with Gasteiger partial charge in [0.15, 0.2) is 0 Å². The first-order chi connectivity index (χ1) is 8.99. The smallest absolute Gasteiger partial charge is 0.346 e. The zero-order chi connectivity index (χ0) is 14.0. The lowest BCUT2D eigenvalue weighted by Gasteiger charge is -2.06. The quantitative estimate of drug-likeness (QED) is 0.683. The molecule has 0 saturated carbocycles. The minimum Gasteiger partial charge on any atom is -0.477 e. The van der Waals surface area contributed by atoms with Gasteiger partial charge in [0.05, 0.1) is 4.92 Å². The largest absolute Gasteiger partial charge is 0.477 e. The fourth-order valence-electron chi connectivity index (χ4n) is 1.52. The lowest BCUT2D eigenvalue weighted by molar-refractivity contribution is -0.385. The number of nitro groups is 1. The van der Waals surface area contributed by atoms with Crippen LogP contribution in [0.5, 0.6) is 11.5 Å². The van der Waals surface area contributed by atoms with E-state index in [1.165, 1.54) is 17.5 Å². The van der Waals surface area contributed by atoms with Crippen LogP contribution >= 0.6 is 11.3 Å². The Morgan fingerprint density at radius 3 is 2.79 bits per heavy atom. The number of aryl methyl sites for hydroxylation is 1. The summed E-state index contributed by atoms with van der Waals surface area (Å²) in [6.45, 7) is 1.69.